The highest BCUT2D eigenvalue weighted by molar-refractivity contribution is 5.30. The lowest BCUT2D eigenvalue weighted by molar-refractivity contribution is 0.106. The van der Waals surface area contributed by atoms with E-state index in [2.05, 4.69) is 5.32 Å². The molecule has 0 bridgehead atoms. The molecule has 2 aromatic rings. The van der Waals surface area contributed by atoms with Crippen molar-refractivity contribution in [3.63, 3.8) is 0 Å². The molecule has 0 heterocycles. The second-order valence-corrected chi connectivity index (χ2v) is 5.08. The van der Waals surface area contributed by atoms with E-state index in [1.165, 1.54) is 12.1 Å². The zero-order valence-electron chi connectivity index (χ0n) is 12.3. The van der Waals surface area contributed by atoms with Crippen LogP contribution in [0.1, 0.15) is 5.56 Å². The Morgan fingerprint density at radius 3 is 2.14 bits per heavy atom. The predicted molar refractivity (Wildman–Crippen MR) is 84.3 cm³/mol. The monoisotopic (exact) mass is 303 g/mol. The largest absolute Gasteiger partial charge is 0.508 e. The van der Waals surface area contributed by atoms with Crippen molar-refractivity contribution in [2.75, 3.05) is 19.7 Å². The van der Waals surface area contributed by atoms with Gasteiger partial charge >= 0.3 is 0 Å². The summed E-state index contributed by atoms with van der Waals surface area (Å²) in [6, 6.07) is 13.5. The fourth-order valence-corrected chi connectivity index (χ4v) is 1.96. The molecule has 0 aliphatic carbocycles. The number of hydrogen-bond donors (Lipinski definition) is 4. The number of ether oxygens (including phenoxy) is 1. The summed E-state index contributed by atoms with van der Waals surface area (Å²) in [4.78, 5) is 0. The van der Waals surface area contributed by atoms with Crippen molar-refractivity contribution < 1.29 is 20.1 Å². The molecule has 1 atom stereocenters. The van der Waals surface area contributed by atoms with Crippen LogP contribution in [0.2, 0.25) is 0 Å². The molecule has 0 fully saturated rings. The highest BCUT2D eigenvalue weighted by Gasteiger charge is 2.05. The van der Waals surface area contributed by atoms with Gasteiger partial charge in [0.25, 0.3) is 0 Å². The van der Waals surface area contributed by atoms with Crippen LogP contribution < -0.4 is 10.1 Å². The van der Waals surface area contributed by atoms with Gasteiger partial charge < -0.3 is 25.4 Å². The average Bonchev–Trinajstić information content (AvgIpc) is 2.53. The molecule has 0 amide bonds. The molecule has 0 saturated heterocycles. The van der Waals surface area contributed by atoms with E-state index in [0.717, 1.165) is 18.5 Å². The van der Waals surface area contributed by atoms with E-state index in [1.807, 2.05) is 12.1 Å². The molecule has 0 radical (unpaired) electrons. The molecule has 0 aliphatic heterocycles. The highest BCUT2D eigenvalue weighted by Crippen LogP contribution is 2.15. The number of nitrogens with one attached hydrogen (secondary N) is 1. The Kier molecular flexibility index (Phi) is 6.06. The van der Waals surface area contributed by atoms with Crippen LogP contribution in [0.5, 0.6) is 17.2 Å². The first kappa shape index (κ1) is 16.1. The van der Waals surface area contributed by atoms with Gasteiger partial charge in [-0.05, 0) is 54.9 Å². The second kappa shape index (κ2) is 8.26. The predicted octanol–water partition coefficient (Wildman–Crippen LogP) is 1.67. The minimum atomic E-state index is -0.603. The molecule has 0 unspecified atom stereocenters. The van der Waals surface area contributed by atoms with E-state index in [1.54, 1.807) is 24.3 Å². The van der Waals surface area contributed by atoms with E-state index >= 15 is 0 Å². The summed E-state index contributed by atoms with van der Waals surface area (Å²) in [5, 5.41) is 31.3. The van der Waals surface area contributed by atoms with Gasteiger partial charge in [-0.1, -0.05) is 12.1 Å². The van der Waals surface area contributed by atoms with Crippen LogP contribution in [0, 0.1) is 0 Å². The maximum atomic E-state index is 9.83. The van der Waals surface area contributed by atoms with Gasteiger partial charge in [0.1, 0.15) is 30.0 Å². The molecule has 2 aromatic carbocycles. The fraction of sp³-hybridized carbons (Fsp3) is 0.294. The summed E-state index contributed by atoms with van der Waals surface area (Å²) >= 11 is 0. The summed E-state index contributed by atoms with van der Waals surface area (Å²) in [7, 11) is 0. The number of aromatic hydroxyl groups is 2. The van der Waals surface area contributed by atoms with Gasteiger partial charge in [-0.15, -0.1) is 0 Å². The van der Waals surface area contributed by atoms with Crippen LogP contribution in [-0.2, 0) is 6.42 Å². The second-order valence-electron chi connectivity index (χ2n) is 5.08. The number of hydrogen-bond acceptors (Lipinski definition) is 5. The third-order valence-electron chi connectivity index (χ3n) is 3.19. The number of benzene rings is 2. The lowest BCUT2D eigenvalue weighted by Crippen LogP contribution is -2.32. The van der Waals surface area contributed by atoms with E-state index < -0.39 is 6.10 Å². The Balaban J connectivity index is 1.60. The fourth-order valence-electron chi connectivity index (χ4n) is 1.96. The van der Waals surface area contributed by atoms with Crippen molar-refractivity contribution >= 4 is 0 Å². The van der Waals surface area contributed by atoms with Crippen molar-refractivity contribution in [1.82, 2.24) is 5.32 Å². The van der Waals surface area contributed by atoms with Crippen molar-refractivity contribution in [3.05, 3.63) is 54.1 Å². The van der Waals surface area contributed by atoms with Crippen molar-refractivity contribution in [1.29, 1.82) is 0 Å². The standard InChI is InChI=1S/C17H21NO4/c19-14-3-1-13(2-4-14)9-10-18-11-16(21)12-22-17-7-5-15(20)6-8-17/h1-8,16,18-21H,9-12H2/t16-/m0/s1. The zero-order chi connectivity index (χ0) is 15.8. The maximum absolute atomic E-state index is 9.83. The lowest BCUT2D eigenvalue weighted by Gasteiger charge is -2.13. The maximum Gasteiger partial charge on any atom is 0.119 e. The molecular weight excluding hydrogens is 282 g/mol. The highest BCUT2D eigenvalue weighted by atomic mass is 16.5. The van der Waals surface area contributed by atoms with Crippen LogP contribution in [0.3, 0.4) is 0 Å². The summed E-state index contributed by atoms with van der Waals surface area (Å²) in [6.07, 6.45) is 0.222. The summed E-state index contributed by atoms with van der Waals surface area (Å²) < 4.78 is 5.42. The number of aliphatic hydroxyl groups is 1. The summed E-state index contributed by atoms with van der Waals surface area (Å²) in [5.41, 5.74) is 1.13. The van der Waals surface area contributed by atoms with Gasteiger partial charge in [0.05, 0.1) is 0 Å². The SMILES string of the molecule is Oc1ccc(CCNC[C@H](O)COc2ccc(O)cc2)cc1. The number of rotatable bonds is 8. The summed E-state index contributed by atoms with van der Waals surface area (Å²) in [6.45, 7) is 1.37. The van der Waals surface area contributed by atoms with Crippen molar-refractivity contribution in [2.24, 2.45) is 0 Å². The van der Waals surface area contributed by atoms with Crippen molar-refractivity contribution in [3.8, 4) is 17.2 Å². The quantitative estimate of drug-likeness (QED) is 0.558. The molecule has 2 rings (SSSR count). The number of aliphatic hydroxyl groups excluding tert-OH is 1. The molecule has 5 nitrogen and oxygen atoms in total. The van der Waals surface area contributed by atoms with Gasteiger partial charge in [-0.2, -0.15) is 0 Å². The minimum absolute atomic E-state index is 0.184. The minimum Gasteiger partial charge on any atom is -0.508 e. The number of phenolic OH excluding ortho intramolecular Hbond substituents is 2. The third kappa shape index (κ3) is 5.63. The molecular formula is C17H21NO4. The first-order chi connectivity index (χ1) is 10.6. The van der Waals surface area contributed by atoms with Gasteiger partial charge in [-0.25, -0.2) is 0 Å². The van der Waals surface area contributed by atoms with Gasteiger partial charge in [-0.3, -0.25) is 0 Å². The molecule has 5 heteroatoms. The average molecular weight is 303 g/mol. The van der Waals surface area contributed by atoms with E-state index in [-0.39, 0.29) is 18.1 Å². The molecule has 0 aromatic heterocycles. The van der Waals surface area contributed by atoms with Crippen LogP contribution in [0.15, 0.2) is 48.5 Å². The Morgan fingerprint density at radius 2 is 1.50 bits per heavy atom. The van der Waals surface area contributed by atoms with Crippen LogP contribution in [0.4, 0.5) is 0 Å². The molecule has 118 valence electrons. The molecule has 0 spiro atoms. The topological polar surface area (TPSA) is 82.0 Å². The van der Waals surface area contributed by atoms with Gasteiger partial charge in [0.15, 0.2) is 0 Å². The van der Waals surface area contributed by atoms with E-state index in [9.17, 15) is 10.2 Å². The van der Waals surface area contributed by atoms with E-state index in [4.69, 9.17) is 9.84 Å². The van der Waals surface area contributed by atoms with Gasteiger partial charge in [0.2, 0.25) is 0 Å². The van der Waals surface area contributed by atoms with Crippen LogP contribution in [-0.4, -0.2) is 41.1 Å². The third-order valence-corrected chi connectivity index (χ3v) is 3.19. The summed E-state index contributed by atoms with van der Waals surface area (Å²) in [5.74, 6) is 1.06. The lowest BCUT2D eigenvalue weighted by atomic mass is 10.1. The van der Waals surface area contributed by atoms with Crippen LogP contribution in [0.25, 0.3) is 0 Å². The Labute approximate surface area is 129 Å². The molecule has 0 aliphatic rings. The molecule has 0 saturated carbocycles. The number of phenols is 2. The smallest absolute Gasteiger partial charge is 0.119 e. The first-order valence-corrected chi connectivity index (χ1v) is 7.22. The zero-order valence-corrected chi connectivity index (χ0v) is 12.3. The Bertz CT molecular complexity index is 554. The van der Waals surface area contributed by atoms with E-state index in [0.29, 0.717) is 12.3 Å². The Morgan fingerprint density at radius 1 is 0.909 bits per heavy atom. The normalized spacial score (nSPS) is 12.0. The first-order valence-electron chi connectivity index (χ1n) is 7.22. The molecule has 4 N–H and O–H groups in total. The molecule has 22 heavy (non-hydrogen) atoms. The Hall–Kier alpha value is -2.24. The van der Waals surface area contributed by atoms with Gasteiger partial charge in [0, 0.05) is 6.54 Å². The van der Waals surface area contributed by atoms with Crippen LogP contribution >= 0.6 is 0 Å². The van der Waals surface area contributed by atoms with Crippen molar-refractivity contribution in [2.45, 2.75) is 12.5 Å².